The van der Waals surface area contributed by atoms with Crippen molar-refractivity contribution in [3.8, 4) is 0 Å². The largest absolute Gasteiger partial charge is 0.450 e. The monoisotopic (exact) mass is 388 g/mol. The highest BCUT2D eigenvalue weighted by atomic mass is 32.1. The van der Waals surface area contributed by atoms with Crippen molar-refractivity contribution in [2.75, 3.05) is 32.8 Å². The number of rotatable bonds is 3. The quantitative estimate of drug-likeness (QED) is 0.639. The van der Waals surface area contributed by atoms with Gasteiger partial charge in [0.15, 0.2) is 0 Å². The molecule has 9 heteroatoms. The molecule has 26 heavy (non-hydrogen) atoms. The highest BCUT2D eigenvalue weighted by Crippen LogP contribution is 2.35. The predicted molar refractivity (Wildman–Crippen MR) is 92.9 cm³/mol. The maximum atomic E-state index is 13.0. The summed E-state index contributed by atoms with van der Waals surface area (Å²) in [4.78, 5) is 26.9. The number of carbonyl (C=O) groups is 2. The van der Waals surface area contributed by atoms with E-state index in [0.717, 1.165) is 6.07 Å². The number of nitrogens with zero attached hydrogens (tertiary/aromatic N) is 2. The lowest BCUT2D eigenvalue weighted by atomic mass is 10.0. The first-order valence-corrected chi connectivity index (χ1v) is 8.40. The summed E-state index contributed by atoms with van der Waals surface area (Å²) >= 11 is 3.81. The van der Waals surface area contributed by atoms with Crippen molar-refractivity contribution in [2.45, 2.75) is 18.0 Å². The lowest BCUT2D eigenvalue weighted by molar-refractivity contribution is -0.139. The fourth-order valence-electron chi connectivity index (χ4n) is 2.57. The Bertz CT molecular complexity index is 714. The molecule has 2 rings (SSSR count). The summed E-state index contributed by atoms with van der Waals surface area (Å²) in [6.07, 6.45) is -5.01. The molecule has 1 aromatic carbocycles. The molecule has 0 N–H and O–H groups in total. The lowest BCUT2D eigenvalue weighted by Gasteiger charge is -2.34. The average molecular weight is 388 g/mol. The third-order valence-electron chi connectivity index (χ3n) is 4.00. The molecule has 0 radical (unpaired) electrons. The van der Waals surface area contributed by atoms with Gasteiger partial charge in [-0.1, -0.05) is 12.6 Å². The summed E-state index contributed by atoms with van der Waals surface area (Å²) in [5.74, 6) is -0.464. The summed E-state index contributed by atoms with van der Waals surface area (Å²) in [5, 5.41) is 0. The molecule has 0 atom stereocenters. The summed E-state index contributed by atoms with van der Waals surface area (Å²) in [6.45, 7) is 6.71. The minimum absolute atomic E-state index is 0.0339. The minimum Gasteiger partial charge on any atom is -0.450 e. The zero-order valence-corrected chi connectivity index (χ0v) is 15.1. The van der Waals surface area contributed by atoms with Crippen molar-refractivity contribution < 1.29 is 27.5 Å². The number of amides is 2. The van der Waals surface area contributed by atoms with Gasteiger partial charge in [-0.15, -0.1) is 12.6 Å². The van der Waals surface area contributed by atoms with Crippen molar-refractivity contribution in [3.05, 3.63) is 35.9 Å². The number of piperazine rings is 1. The maximum Gasteiger partial charge on any atom is 0.417 e. The second-order valence-corrected chi connectivity index (χ2v) is 6.17. The van der Waals surface area contributed by atoms with E-state index in [4.69, 9.17) is 4.74 Å². The van der Waals surface area contributed by atoms with Crippen LogP contribution in [0.25, 0.3) is 5.57 Å². The van der Waals surface area contributed by atoms with Crippen molar-refractivity contribution in [3.63, 3.8) is 0 Å². The molecule has 0 aliphatic carbocycles. The van der Waals surface area contributed by atoms with Gasteiger partial charge in [0.25, 0.3) is 5.91 Å². The van der Waals surface area contributed by atoms with Gasteiger partial charge >= 0.3 is 12.3 Å². The van der Waals surface area contributed by atoms with E-state index in [1.165, 1.54) is 21.9 Å². The number of halogens is 3. The van der Waals surface area contributed by atoms with Crippen LogP contribution in [0.2, 0.25) is 0 Å². The van der Waals surface area contributed by atoms with Gasteiger partial charge in [-0.3, -0.25) is 4.79 Å². The van der Waals surface area contributed by atoms with Gasteiger partial charge in [0.05, 0.1) is 12.2 Å². The Balaban J connectivity index is 2.07. The molecular formula is C17H19F3N2O3S. The van der Waals surface area contributed by atoms with Gasteiger partial charge in [-0.25, -0.2) is 4.79 Å². The van der Waals surface area contributed by atoms with Crippen LogP contribution < -0.4 is 0 Å². The first kappa shape index (κ1) is 20.2. The summed E-state index contributed by atoms with van der Waals surface area (Å²) in [7, 11) is 0. The Labute approximate surface area is 154 Å². The van der Waals surface area contributed by atoms with E-state index < -0.39 is 23.7 Å². The topological polar surface area (TPSA) is 49.9 Å². The van der Waals surface area contributed by atoms with E-state index in [2.05, 4.69) is 19.2 Å². The number of ether oxygens (including phenoxy) is 1. The number of thiol groups is 1. The smallest absolute Gasteiger partial charge is 0.417 e. The highest BCUT2D eigenvalue weighted by molar-refractivity contribution is 7.80. The van der Waals surface area contributed by atoms with Crippen molar-refractivity contribution in [1.82, 2.24) is 9.80 Å². The second kappa shape index (κ2) is 8.03. The molecule has 1 aromatic rings. The Hall–Kier alpha value is -2.16. The van der Waals surface area contributed by atoms with Gasteiger partial charge < -0.3 is 14.5 Å². The van der Waals surface area contributed by atoms with Crippen LogP contribution in [-0.4, -0.2) is 54.6 Å². The SMILES string of the molecule is C=C(C(=O)N1CCN(C(=O)OCC)CC1)c1ccc(S)c(C(F)(F)F)c1. The Kier molecular flexibility index (Phi) is 6.22. The molecule has 2 amide bonds. The van der Waals surface area contributed by atoms with Crippen LogP contribution in [0.5, 0.6) is 0 Å². The van der Waals surface area contributed by atoms with Gasteiger partial charge in [-0.05, 0) is 24.6 Å². The molecule has 1 fully saturated rings. The molecule has 1 aliphatic heterocycles. The molecular weight excluding hydrogens is 369 g/mol. The molecule has 1 saturated heterocycles. The van der Waals surface area contributed by atoms with Crippen LogP contribution >= 0.6 is 12.6 Å². The fourth-order valence-corrected chi connectivity index (χ4v) is 2.84. The lowest BCUT2D eigenvalue weighted by Crippen LogP contribution is -2.50. The van der Waals surface area contributed by atoms with Crippen LogP contribution in [-0.2, 0) is 15.7 Å². The first-order valence-electron chi connectivity index (χ1n) is 7.95. The Morgan fingerprint density at radius 3 is 2.31 bits per heavy atom. The zero-order chi connectivity index (χ0) is 19.5. The van der Waals surface area contributed by atoms with E-state index in [9.17, 15) is 22.8 Å². The minimum atomic E-state index is -4.57. The third kappa shape index (κ3) is 4.51. The van der Waals surface area contributed by atoms with Gasteiger partial charge in [0.2, 0.25) is 0 Å². The van der Waals surface area contributed by atoms with Gasteiger partial charge in [0, 0.05) is 36.6 Å². The van der Waals surface area contributed by atoms with E-state index >= 15 is 0 Å². The van der Waals surface area contributed by atoms with E-state index in [-0.39, 0.29) is 35.7 Å². The highest BCUT2D eigenvalue weighted by Gasteiger charge is 2.34. The Morgan fingerprint density at radius 2 is 1.77 bits per heavy atom. The summed E-state index contributed by atoms with van der Waals surface area (Å²) in [6, 6.07) is 3.45. The number of hydrogen-bond donors (Lipinski definition) is 1. The molecule has 0 bridgehead atoms. The first-order chi connectivity index (χ1) is 12.1. The summed E-state index contributed by atoms with van der Waals surface area (Å²) in [5.41, 5.74) is -0.860. The number of carbonyl (C=O) groups excluding carboxylic acids is 2. The normalized spacial score (nSPS) is 15.0. The standard InChI is InChI=1S/C17H19F3N2O3S/c1-3-25-16(24)22-8-6-21(7-9-22)15(23)11(2)12-4-5-14(26)13(10-12)17(18,19)20/h4-5,10,26H,2-3,6-9H2,1H3. The molecule has 0 spiro atoms. The fraction of sp³-hybridized carbons (Fsp3) is 0.412. The maximum absolute atomic E-state index is 13.0. The van der Waals surface area contributed by atoms with Crippen LogP contribution in [0.4, 0.5) is 18.0 Å². The average Bonchev–Trinajstić information content (AvgIpc) is 2.60. The molecule has 0 unspecified atom stereocenters. The van der Waals surface area contributed by atoms with Gasteiger partial charge in [-0.2, -0.15) is 13.2 Å². The molecule has 142 valence electrons. The molecule has 0 aromatic heterocycles. The molecule has 1 aliphatic rings. The third-order valence-corrected chi connectivity index (χ3v) is 4.39. The summed E-state index contributed by atoms with van der Waals surface area (Å²) < 4.78 is 43.9. The predicted octanol–water partition coefficient (Wildman–Crippen LogP) is 3.31. The van der Waals surface area contributed by atoms with Crippen molar-refractivity contribution in [1.29, 1.82) is 0 Å². The van der Waals surface area contributed by atoms with Crippen molar-refractivity contribution in [2.24, 2.45) is 0 Å². The van der Waals surface area contributed by atoms with Crippen LogP contribution in [0, 0.1) is 0 Å². The number of benzene rings is 1. The van der Waals surface area contributed by atoms with E-state index in [1.54, 1.807) is 6.92 Å². The van der Waals surface area contributed by atoms with Crippen LogP contribution in [0.15, 0.2) is 29.7 Å². The van der Waals surface area contributed by atoms with Crippen LogP contribution in [0.1, 0.15) is 18.1 Å². The van der Waals surface area contributed by atoms with E-state index in [1.807, 2.05) is 0 Å². The second-order valence-electron chi connectivity index (χ2n) is 5.69. The zero-order valence-electron chi connectivity index (χ0n) is 14.2. The van der Waals surface area contributed by atoms with Gasteiger partial charge in [0.1, 0.15) is 0 Å². The molecule has 5 nitrogen and oxygen atoms in total. The Morgan fingerprint density at radius 1 is 1.19 bits per heavy atom. The number of hydrogen-bond acceptors (Lipinski definition) is 4. The van der Waals surface area contributed by atoms with E-state index in [0.29, 0.717) is 13.1 Å². The molecule has 1 heterocycles. The molecule has 0 saturated carbocycles. The number of alkyl halides is 3. The van der Waals surface area contributed by atoms with Crippen LogP contribution in [0.3, 0.4) is 0 Å². The van der Waals surface area contributed by atoms with Crippen molar-refractivity contribution >= 4 is 30.2 Å².